The van der Waals surface area contributed by atoms with Crippen LogP contribution in [0, 0.1) is 0 Å². The van der Waals surface area contributed by atoms with Gasteiger partial charge in [0.25, 0.3) is 5.91 Å². The van der Waals surface area contributed by atoms with Gasteiger partial charge in [0, 0.05) is 25.8 Å². The van der Waals surface area contributed by atoms with Crippen molar-refractivity contribution in [3.63, 3.8) is 0 Å². The standard InChI is InChI=1S/C17H19N3O3/c1-2-7-20-10-13(8-18-20)16(21)19-9-12-5-3-4-6-14(12)15(11-19)17(22)23/h3-6,8,10,15H,2,7,9,11H2,1H3,(H,22,23). The molecule has 1 amide bonds. The van der Waals surface area contributed by atoms with Gasteiger partial charge in [0.05, 0.1) is 17.7 Å². The second-order valence-corrected chi connectivity index (χ2v) is 5.77. The summed E-state index contributed by atoms with van der Waals surface area (Å²) in [4.78, 5) is 25.8. The third kappa shape index (κ3) is 2.97. The molecule has 6 heteroatoms. The summed E-state index contributed by atoms with van der Waals surface area (Å²) in [6, 6.07) is 7.41. The number of nitrogens with zero attached hydrogens (tertiary/aromatic N) is 3. The third-order valence-corrected chi connectivity index (χ3v) is 4.11. The number of fused-ring (bicyclic) bond motifs is 1. The fourth-order valence-corrected chi connectivity index (χ4v) is 2.98. The van der Waals surface area contributed by atoms with Gasteiger partial charge in [-0.2, -0.15) is 5.10 Å². The summed E-state index contributed by atoms with van der Waals surface area (Å²) in [6.45, 7) is 3.41. The number of carboxylic acids is 1. The van der Waals surface area contributed by atoms with Crippen molar-refractivity contribution in [2.75, 3.05) is 6.54 Å². The van der Waals surface area contributed by atoms with Crippen LogP contribution in [0.25, 0.3) is 0 Å². The Balaban J connectivity index is 1.86. The highest BCUT2D eigenvalue weighted by molar-refractivity contribution is 5.94. The van der Waals surface area contributed by atoms with E-state index in [0.717, 1.165) is 24.1 Å². The zero-order valence-electron chi connectivity index (χ0n) is 13.0. The number of aryl methyl sites for hydroxylation is 1. The maximum Gasteiger partial charge on any atom is 0.312 e. The van der Waals surface area contributed by atoms with E-state index in [-0.39, 0.29) is 12.5 Å². The van der Waals surface area contributed by atoms with Crippen molar-refractivity contribution in [3.8, 4) is 0 Å². The van der Waals surface area contributed by atoms with E-state index in [2.05, 4.69) is 5.10 Å². The first-order valence-corrected chi connectivity index (χ1v) is 7.72. The second-order valence-electron chi connectivity index (χ2n) is 5.77. The van der Waals surface area contributed by atoms with Crippen LogP contribution < -0.4 is 0 Å². The molecule has 1 aliphatic rings. The number of hydrogen-bond donors (Lipinski definition) is 1. The summed E-state index contributed by atoms with van der Waals surface area (Å²) in [7, 11) is 0. The van der Waals surface area contributed by atoms with Crippen LogP contribution in [0.5, 0.6) is 0 Å². The molecule has 120 valence electrons. The van der Waals surface area contributed by atoms with Gasteiger partial charge in [-0.15, -0.1) is 0 Å². The maximum atomic E-state index is 12.7. The summed E-state index contributed by atoms with van der Waals surface area (Å²) in [5.74, 6) is -1.76. The Morgan fingerprint density at radius 3 is 2.87 bits per heavy atom. The monoisotopic (exact) mass is 313 g/mol. The molecule has 1 aliphatic heterocycles. The van der Waals surface area contributed by atoms with E-state index in [4.69, 9.17) is 0 Å². The van der Waals surface area contributed by atoms with Crippen LogP contribution >= 0.6 is 0 Å². The fraction of sp³-hybridized carbons (Fsp3) is 0.353. The lowest BCUT2D eigenvalue weighted by Crippen LogP contribution is -2.40. The molecule has 0 saturated carbocycles. The van der Waals surface area contributed by atoms with Crippen LogP contribution in [-0.2, 0) is 17.9 Å². The van der Waals surface area contributed by atoms with E-state index in [1.54, 1.807) is 22.0 Å². The van der Waals surface area contributed by atoms with Gasteiger partial charge < -0.3 is 10.0 Å². The van der Waals surface area contributed by atoms with Crippen molar-refractivity contribution in [1.82, 2.24) is 14.7 Å². The Hall–Kier alpha value is -2.63. The van der Waals surface area contributed by atoms with Gasteiger partial charge in [-0.1, -0.05) is 31.2 Å². The van der Waals surface area contributed by atoms with E-state index < -0.39 is 11.9 Å². The normalized spacial score (nSPS) is 16.9. The van der Waals surface area contributed by atoms with Crippen LogP contribution in [0.3, 0.4) is 0 Å². The predicted molar refractivity (Wildman–Crippen MR) is 84.1 cm³/mol. The van der Waals surface area contributed by atoms with Crippen molar-refractivity contribution in [1.29, 1.82) is 0 Å². The lowest BCUT2D eigenvalue weighted by Gasteiger charge is -2.32. The van der Waals surface area contributed by atoms with Gasteiger partial charge in [-0.25, -0.2) is 0 Å². The molecule has 1 atom stereocenters. The summed E-state index contributed by atoms with van der Waals surface area (Å²) in [5, 5.41) is 13.6. The van der Waals surface area contributed by atoms with Crippen LogP contribution in [0.4, 0.5) is 0 Å². The smallest absolute Gasteiger partial charge is 0.312 e. The summed E-state index contributed by atoms with van der Waals surface area (Å²) >= 11 is 0. The van der Waals surface area contributed by atoms with E-state index in [1.807, 2.05) is 31.2 Å². The average molecular weight is 313 g/mol. The quantitative estimate of drug-likeness (QED) is 0.938. The van der Waals surface area contributed by atoms with Gasteiger partial charge in [0.15, 0.2) is 0 Å². The zero-order valence-corrected chi connectivity index (χ0v) is 13.0. The van der Waals surface area contributed by atoms with E-state index in [9.17, 15) is 14.7 Å². The van der Waals surface area contributed by atoms with Crippen LogP contribution in [0.1, 0.15) is 40.7 Å². The predicted octanol–water partition coefficient (Wildman–Crippen LogP) is 2.12. The number of carbonyl (C=O) groups excluding carboxylic acids is 1. The molecular weight excluding hydrogens is 294 g/mol. The van der Waals surface area contributed by atoms with Crippen LogP contribution in [0.15, 0.2) is 36.7 Å². The minimum Gasteiger partial charge on any atom is -0.481 e. The number of aliphatic carboxylic acids is 1. The molecule has 3 rings (SSSR count). The Morgan fingerprint density at radius 1 is 1.35 bits per heavy atom. The molecule has 2 aromatic rings. The van der Waals surface area contributed by atoms with Crippen molar-refractivity contribution in [2.24, 2.45) is 0 Å². The lowest BCUT2D eigenvalue weighted by molar-refractivity contribution is -0.139. The molecule has 2 heterocycles. The SMILES string of the molecule is CCCn1cc(C(=O)N2Cc3ccccc3C(C(=O)O)C2)cn1. The third-order valence-electron chi connectivity index (χ3n) is 4.11. The van der Waals surface area contributed by atoms with Gasteiger partial charge in [-0.05, 0) is 17.5 Å². The number of hydrogen-bond acceptors (Lipinski definition) is 3. The van der Waals surface area contributed by atoms with Crippen molar-refractivity contribution in [3.05, 3.63) is 53.3 Å². The van der Waals surface area contributed by atoms with Crippen molar-refractivity contribution >= 4 is 11.9 Å². The highest BCUT2D eigenvalue weighted by atomic mass is 16.4. The molecule has 0 bridgehead atoms. The van der Waals surface area contributed by atoms with Crippen molar-refractivity contribution in [2.45, 2.75) is 32.4 Å². The number of carbonyl (C=O) groups is 2. The maximum absolute atomic E-state index is 12.7. The molecule has 0 saturated heterocycles. The van der Waals surface area contributed by atoms with Gasteiger partial charge in [0.1, 0.15) is 0 Å². The largest absolute Gasteiger partial charge is 0.481 e. The molecule has 0 fully saturated rings. The Labute approximate surface area is 134 Å². The minimum absolute atomic E-state index is 0.173. The number of carboxylic acid groups (broad SMARTS) is 1. The van der Waals surface area contributed by atoms with Gasteiger partial charge >= 0.3 is 5.97 Å². The minimum atomic E-state index is -0.906. The molecule has 6 nitrogen and oxygen atoms in total. The van der Waals surface area contributed by atoms with E-state index in [0.29, 0.717) is 12.1 Å². The first-order chi connectivity index (χ1) is 11.1. The molecule has 0 radical (unpaired) electrons. The Bertz CT molecular complexity index is 738. The molecule has 0 spiro atoms. The lowest BCUT2D eigenvalue weighted by atomic mass is 9.89. The summed E-state index contributed by atoms with van der Waals surface area (Å²) < 4.78 is 1.74. The molecule has 1 aromatic heterocycles. The van der Waals surface area contributed by atoms with Crippen molar-refractivity contribution < 1.29 is 14.7 Å². The molecule has 1 aromatic carbocycles. The zero-order chi connectivity index (χ0) is 16.4. The summed E-state index contributed by atoms with van der Waals surface area (Å²) in [5.41, 5.74) is 2.19. The fourth-order valence-electron chi connectivity index (χ4n) is 2.98. The van der Waals surface area contributed by atoms with Gasteiger partial charge in [-0.3, -0.25) is 14.3 Å². The Morgan fingerprint density at radius 2 is 2.13 bits per heavy atom. The highest BCUT2D eigenvalue weighted by Gasteiger charge is 2.33. The number of benzene rings is 1. The Kier molecular flexibility index (Phi) is 4.14. The molecular formula is C17H19N3O3. The highest BCUT2D eigenvalue weighted by Crippen LogP contribution is 2.29. The molecule has 0 aliphatic carbocycles. The number of aromatic nitrogens is 2. The second kappa shape index (κ2) is 6.24. The van der Waals surface area contributed by atoms with Gasteiger partial charge in [0.2, 0.25) is 0 Å². The molecule has 1 unspecified atom stereocenters. The number of rotatable bonds is 4. The molecule has 1 N–H and O–H groups in total. The number of amides is 1. The topological polar surface area (TPSA) is 75.4 Å². The summed E-state index contributed by atoms with van der Waals surface area (Å²) in [6.07, 6.45) is 4.21. The molecule has 23 heavy (non-hydrogen) atoms. The van der Waals surface area contributed by atoms with Crippen LogP contribution in [-0.4, -0.2) is 38.2 Å². The first kappa shape index (κ1) is 15.3. The first-order valence-electron chi connectivity index (χ1n) is 7.72. The van der Waals surface area contributed by atoms with Crippen LogP contribution in [0.2, 0.25) is 0 Å². The van der Waals surface area contributed by atoms with E-state index in [1.165, 1.54) is 0 Å². The average Bonchev–Trinajstić information content (AvgIpc) is 3.02. The van der Waals surface area contributed by atoms with E-state index >= 15 is 0 Å².